The van der Waals surface area contributed by atoms with Gasteiger partial charge in [-0.25, -0.2) is 10.1 Å². The quantitative estimate of drug-likeness (QED) is 0.554. The van der Waals surface area contributed by atoms with Crippen molar-refractivity contribution in [2.45, 2.75) is 18.8 Å². The van der Waals surface area contributed by atoms with Crippen LogP contribution in [0.1, 0.15) is 34.9 Å². The smallest absolute Gasteiger partial charge is 0.272 e. The predicted molar refractivity (Wildman–Crippen MR) is 137 cm³/mol. The number of piperidine rings is 1. The number of rotatable bonds is 5. The molecular weight excluding hydrogens is 458 g/mol. The third-order valence-electron chi connectivity index (χ3n) is 7.26. The van der Waals surface area contributed by atoms with E-state index in [9.17, 15) is 14.4 Å². The van der Waals surface area contributed by atoms with Crippen molar-refractivity contribution in [3.05, 3.63) is 64.3 Å². The molecule has 2 N–H and O–H groups in total. The first-order chi connectivity index (χ1) is 17.5. The lowest BCUT2D eigenvalue weighted by molar-refractivity contribution is -0.133. The highest BCUT2D eigenvalue weighted by Crippen LogP contribution is 2.30. The summed E-state index contributed by atoms with van der Waals surface area (Å²) in [6, 6.07) is 11.2. The molecule has 10 nitrogen and oxygen atoms in total. The van der Waals surface area contributed by atoms with Gasteiger partial charge in [0.1, 0.15) is 5.69 Å². The summed E-state index contributed by atoms with van der Waals surface area (Å²) in [4.78, 5) is 47.4. The first-order valence-corrected chi connectivity index (χ1v) is 12.4. The second kappa shape index (κ2) is 10.4. The van der Waals surface area contributed by atoms with Crippen LogP contribution in [0.25, 0.3) is 10.8 Å². The van der Waals surface area contributed by atoms with Gasteiger partial charge < -0.3 is 15.1 Å². The fraction of sp³-hybridized carbons (Fsp3) is 0.423. The van der Waals surface area contributed by atoms with Gasteiger partial charge in [0.05, 0.1) is 29.5 Å². The van der Waals surface area contributed by atoms with Crippen LogP contribution in [0.15, 0.2) is 47.4 Å². The number of likely N-dealkylation sites (tertiary alicyclic amines) is 1. The number of H-pyrrole nitrogens is 1. The fourth-order valence-electron chi connectivity index (χ4n) is 5.15. The minimum Gasteiger partial charge on any atom is -0.367 e. The molecule has 2 amide bonds. The van der Waals surface area contributed by atoms with Crippen LogP contribution in [0.2, 0.25) is 0 Å². The van der Waals surface area contributed by atoms with Gasteiger partial charge in [0.15, 0.2) is 0 Å². The van der Waals surface area contributed by atoms with Gasteiger partial charge in [-0.15, -0.1) is 0 Å². The van der Waals surface area contributed by atoms with Crippen LogP contribution in [0.5, 0.6) is 0 Å². The second-order valence-corrected chi connectivity index (χ2v) is 9.38. The molecule has 36 heavy (non-hydrogen) atoms. The molecule has 0 bridgehead atoms. The zero-order valence-corrected chi connectivity index (χ0v) is 20.4. The van der Waals surface area contributed by atoms with Crippen molar-refractivity contribution in [3.63, 3.8) is 0 Å². The minimum atomic E-state index is -0.204. The third kappa shape index (κ3) is 4.94. The van der Waals surface area contributed by atoms with Crippen molar-refractivity contribution in [3.8, 4) is 0 Å². The van der Waals surface area contributed by atoms with Crippen molar-refractivity contribution in [1.29, 1.82) is 0 Å². The number of piperazine rings is 1. The highest BCUT2D eigenvalue weighted by Gasteiger charge is 2.27. The molecule has 0 aliphatic carbocycles. The Hall–Kier alpha value is -3.79. The maximum Gasteiger partial charge on any atom is 0.272 e. The van der Waals surface area contributed by atoms with Crippen LogP contribution in [0, 0.1) is 0 Å². The Morgan fingerprint density at radius 2 is 1.72 bits per heavy atom. The van der Waals surface area contributed by atoms with E-state index in [2.05, 4.69) is 30.3 Å². The van der Waals surface area contributed by atoms with E-state index in [1.54, 1.807) is 19.3 Å². The fourth-order valence-corrected chi connectivity index (χ4v) is 5.15. The Kier molecular flexibility index (Phi) is 6.95. The highest BCUT2D eigenvalue weighted by molar-refractivity contribution is 5.92. The Morgan fingerprint density at radius 1 is 1.00 bits per heavy atom. The van der Waals surface area contributed by atoms with E-state index in [4.69, 9.17) is 0 Å². The lowest BCUT2D eigenvalue weighted by Gasteiger charge is -2.38. The number of aromatic nitrogens is 3. The van der Waals surface area contributed by atoms with Gasteiger partial charge in [-0.2, -0.15) is 5.10 Å². The van der Waals surface area contributed by atoms with Crippen LogP contribution < -0.4 is 15.8 Å². The van der Waals surface area contributed by atoms with Gasteiger partial charge in [-0.1, -0.05) is 18.2 Å². The second-order valence-electron chi connectivity index (χ2n) is 9.38. The van der Waals surface area contributed by atoms with Crippen molar-refractivity contribution in [2.75, 3.05) is 57.8 Å². The molecule has 0 atom stereocenters. The van der Waals surface area contributed by atoms with Crippen molar-refractivity contribution >= 4 is 28.3 Å². The Labute approximate surface area is 209 Å². The number of carbonyl (C=O) groups excluding carboxylic acids is 2. The Bertz CT molecular complexity index is 1290. The van der Waals surface area contributed by atoms with Crippen LogP contribution >= 0.6 is 0 Å². The maximum absolute atomic E-state index is 13.0. The molecule has 2 aliphatic heterocycles. The summed E-state index contributed by atoms with van der Waals surface area (Å²) in [6.45, 7) is 4.89. The monoisotopic (exact) mass is 489 g/mol. The van der Waals surface area contributed by atoms with E-state index >= 15 is 0 Å². The summed E-state index contributed by atoms with van der Waals surface area (Å²) in [5, 5.41) is 11.2. The molecule has 4 heterocycles. The van der Waals surface area contributed by atoms with E-state index in [0.29, 0.717) is 30.7 Å². The number of pyridine rings is 1. The first-order valence-electron chi connectivity index (χ1n) is 12.4. The van der Waals surface area contributed by atoms with Crippen molar-refractivity contribution in [1.82, 2.24) is 30.3 Å². The van der Waals surface area contributed by atoms with Crippen LogP contribution in [-0.4, -0.2) is 89.7 Å². The van der Waals surface area contributed by atoms with Crippen LogP contribution in [0.3, 0.4) is 0 Å². The summed E-state index contributed by atoms with van der Waals surface area (Å²) >= 11 is 0. The molecule has 2 fully saturated rings. The summed E-state index contributed by atoms with van der Waals surface area (Å²) in [5.74, 6) is 0.225. The summed E-state index contributed by atoms with van der Waals surface area (Å²) in [5.41, 5.74) is 2.14. The minimum absolute atomic E-state index is 0.158. The zero-order chi connectivity index (χ0) is 25.1. The van der Waals surface area contributed by atoms with E-state index in [1.807, 2.05) is 35.2 Å². The van der Waals surface area contributed by atoms with Crippen LogP contribution in [-0.2, 0) is 4.79 Å². The number of carbonyl (C=O) groups is 2. The average molecular weight is 490 g/mol. The highest BCUT2D eigenvalue weighted by atomic mass is 16.2. The molecule has 10 heteroatoms. The van der Waals surface area contributed by atoms with Gasteiger partial charge in [0.25, 0.3) is 11.5 Å². The number of anilines is 1. The molecule has 0 unspecified atom stereocenters. The predicted octanol–water partition coefficient (Wildman–Crippen LogP) is 1.21. The molecule has 0 spiro atoms. The first kappa shape index (κ1) is 23.9. The third-order valence-corrected chi connectivity index (χ3v) is 7.26. The lowest BCUT2D eigenvalue weighted by Crippen LogP contribution is -2.52. The number of benzene rings is 1. The molecule has 0 radical (unpaired) electrons. The van der Waals surface area contributed by atoms with E-state index in [0.717, 1.165) is 55.8 Å². The summed E-state index contributed by atoms with van der Waals surface area (Å²) in [6.07, 6.45) is 3.53. The molecule has 2 aromatic heterocycles. The number of amides is 2. The lowest BCUT2D eigenvalue weighted by atomic mass is 9.90. The molecule has 2 aliphatic rings. The summed E-state index contributed by atoms with van der Waals surface area (Å²) in [7, 11) is 1.59. The Morgan fingerprint density at radius 3 is 2.39 bits per heavy atom. The van der Waals surface area contributed by atoms with Gasteiger partial charge >= 0.3 is 0 Å². The maximum atomic E-state index is 13.0. The summed E-state index contributed by atoms with van der Waals surface area (Å²) < 4.78 is 0. The van der Waals surface area contributed by atoms with Gasteiger partial charge in [0.2, 0.25) is 5.91 Å². The topological polar surface area (TPSA) is 115 Å². The average Bonchev–Trinajstić information content (AvgIpc) is 2.94. The molecule has 5 rings (SSSR count). The number of nitrogens with zero attached hydrogens (tertiary/aromatic N) is 5. The van der Waals surface area contributed by atoms with E-state index < -0.39 is 0 Å². The molecule has 1 aromatic carbocycles. The van der Waals surface area contributed by atoms with Gasteiger partial charge in [-0.05, 0) is 44.1 Å². The van der Waals surface area contributed by atoms with Gasteiger partial charge in [0, 0.05) is 44.5 Å². The molecule has 0 saturated carbocycles. The molecular formula is C26H31N7O3. The van der Waals surface area contributed by atoms with E-state index in [-0.39, 0.29) is 23.3 Å². The SMILES string of the molecule is CNC(=O)c1ccc(N2CCN(C(=O)CN3CCC(c4n[nH]c(=O)c5ccccc45)CC3)CC2)cn1. The molecule has 188 valence electrons. The molecule has 2 saturated heterocycles. The standard InChI is InChI=1S/C26H31N7O3/c1-27-26(36)22-7-6-19(16-28-22)32-12-14-33(15-13-32)23(34)17-31-10-8-18(9-11-31)24-20-4-2-3-5-21(20)25(35)30-29-24/h2-7,16,18H,8-15,17H2,1H3,(H,27,36)(H,30,35). The number of aromatic amines is 1. The zero-order valence-electron chi connectivity index (χ0n) is 20.4. The molecule has 3 aromatic rings. The number of nitrogens with one attached hydrogen (secondary N) is 2. The van der Waals surface area contributed by atoms with Crippen molar-refractivity contribution in [2.24, 2.45) is 0 Å². The normalized spacial score (nSPS) is 17.4. The van der Waals surface area contributed by atoms with Crippen molar-refractivity contribution < 1.29 is 9.59 Å². The number of hydrogen-bond donors (Lipinski definition) is 2. The number of hydrogen-bond acceptors (Lipinski definition) is 7. The van der Waals surface area contributed by atoms with E-state index in [1.165, 1.54) is 0 Å². The van der Waals surface area contributed by atoms with Gasteiger partial charge in [-0.3, -0.25) is 19.3 Å². The largest absolute Gasteiger partial charge is 0.367 e. The number of fused-ring (bicyclic) bond motifs is 1. The van der Waals surface area contributed by atoms with Crippen LogP contribution in [0.4, 0.5) is 5.69 Å². The Balaban J connectivity index is 1.12.